The number of hydrogen-bond acceptors (Lipinski definition) is 4. The maximum atomic E-state index is 13.2. The fraction of sp³-hybridized carbons (Fsp3) is 0.240. The number of nitrogens with one attached hydrogen (secondary N) is 2. The number of anilines is 1. The van der Waals surface area contributed by atoms with Gasteiger partial charge in [0.2, 0.25) is 0 Å². The van der Waals surface area contributed by atoms with E-state index in [0.717, 1.165) is 18.4 Å². The van der Waals surface area contributed by atoms with Crippen molar-refractivity contribution in [2.24, 2.45) is 0 Å². The maximum Gasteiger partial charge on any atom is 0.262 e. The number of amides is 3. The molecule has 0 unspecified atom stereocenters. The van der Waals surface area contributed by atoms with Crippen LogP contribution in [0.2, 0.25) is 0 Å². The van der Waals surface area contributed by atoms with E-state index < -0.39 is 0 Å². The predicted molar refractivity (Wildman–Crippen MR) is 121 cm³/mol. The first-order valence-corrected chi connectivity index (χ1v) is 10.5. The number of ether oxygens (including phenoxy) is 1. The minimum atomic E-state index is -0.208. The molecule has 0 spiro atoms. The average molecular weight is 431 g/mol. The summed E-state index contributed by atoms with van der Waals surface area (Å²) in [7, 11) is 0. The largest absolute Gasteiger partial charge is 0.482 e. The molecule has 2 aromatic carbocycles. The highest BCUT2D eigenvalue weighted by atomic mass is 16.5. The van der Waals surface area contributed by atoms with E-state index in [1.165, 1.54) is 0 Å². The minimum absolute atomic E-state index is 0.0557. The summed E-state index contributed by atoms with van der Waals surface area (Å²) < 4.78 is 5.45. The number of carbonyl (C=O) groups excluding carboxylic acids is 3. The molecule has 7 nitrogen and oxygen atoms in total. The van der Waals surface area contributed by atoms with Gasteiger partial charge in [-0.05, 0) is 61.7 Å². The smallest absolute Gasteiger partial charge is 0.262 e. The predicted octanol–water partition coefficient (Wildman–Crippen LogP) is 3.64. The van der Waals surface area contributed by atoms with Crippen molar-refractivity contribution in [3.8, 4) is 5.75 Å². The number of hydrogen-bond donors (Lipinski definition) is 2. The zero-order valence-corrected chi connectivity index (χ0v) is 17.9. The molecule has 3 amide bonds. The van der Waals surface area contributed by atoms with Gasteiger partial charge in [-0.25, -0.2) is 0 Å². The highest BCUT2D eigenvalue weighted by Gasteiger charge is 2.33. The third-order valence-corrected chi connectivity index (χ3v) is 5.36. The number of benzene rings is 2. The molecule has 32 heavy (non-hydrogen) atoms. The van der Waals surface area contributed by atoms with Crippen LogP contribution in [0.15, 0.2) is 66.9 Å². The molecular formula is C25H25N3O4. The van der Waals surface area contributed by atoms with Crippen LogP contribution in [-0.4, -0.2) is 35.3 Å². The molecule has 2 aliphatic rings. The van der Waals surface area contributed by atoms with E-state index in [1.54, 1.807) is 49.4 Å². The topological polar surface area (TPSA) is 87.7 Å². The highest BCUT2D eigenvalue weighted by Crippen LogP contribution is 2.33. The van der Waals surface area contributed by atoms with E-state index in [1.807, 2.05) is 17.0 Å². The normalized spacial score (nSPS) is 15.2. The number of allylic oxidation sites excluding steroid dienone is 3. The van der Waals surface area contributed by atoms with Gasteiger partial charge in [-0.15, -0.1) is 0 Å². The molecule has 2 N–H and O–H groups in total. The van der Waals surface area contributed by atoms with Crippen molar-refractivity contribution >= 4 is 23.4 Å². The SMILES string of the molecule is C=CC=C(C)NC(=O)c1ccc(CN(C(=O)c2ccc3c(c2)OCC(=O)N3)C2CC2)cc1. The molecule has 1 aliphatic carbocycles. The van der Waals surface area contributed by atoms with E-state index in [2.05, 4.69) is 17.2 Å². The van der Waals surface area contributed by atoms with Gasteiger partial charge in [0.15, 0.2) is 6.61 Å². The Morgan fingerprint density at radius 2 is 1.91 bits per heavy atom. The lowest BCUT2D eigenvalue weighted by atomic mass is 10.1. The van der Waals surface area contributed by atoms with E-state index in [-0.39, 0.29) is 30.4 Å². The molecule has 1 saturated carbocycles. The third kappa shape index (κ3) is 4.88. The number of nitrogens with zero attached hydrogens (tertiary/aromatic N) is 1. The van der Waals surface area contributed by atoms with E-state index >= 15 is 0 Å². The first-order valence-electron chi connectivity index (χ1n) is 10.5. The molecule has 0 bridgehead atoms. The Morgan fingerprint density at radius 3 is 2.59 bits per heavy atom. The number of rotatable bonds is 7. The van der Waals surface area contributed by atoms with Crippen molar-refractivity contribution in [3.05, 3.63) is 83.6 Å². The van der Waals surface area contributed by atoms with Crippen LogP contribution in [0, 0.1) is 0 Å². The lowest BCUT2D eigenvalue weighted by Crippen LogP contribution is -2.33. The molecule has 1 heterocycles. The Bertz CT molecular complexity index is 1100. The van der Waals surface area contributed by atoms with Crippen LogP contribution in [0.25, 0.3) is 0 Å². The molecule has 164 valence electrons. The van der Waals surface area contributed by atoms with Crippen LogP contribution in [0.5, 0.6) is 5.75 Å². The second-order valence-corrected chi connectivity index (χ2v) is 7.95. The summed E-state index contributed by atoms with van der Waals surface area (Å²) in [5.41, 5.74) is 3.30. The second kappa shape index (κ2) is 9.09. The van der Waals surface area contributed by atoms with Crippen molar-refractivity contribution in [1.29, 1.82) is 0 Å². The molecule has 0 saturated heterocycles. The lowest BCUT2D eigenvalue weighted by Gasteiger charge is -2.24. The quantitative estimate of drug-likeness (QED) is 0.655. The Hall–Kier alpha value is -3.87. The van der Waals surface area contributed by atoms with Gasteiger partial charge in [0.05, 0.1) is 5.69 Å². The molecule has 1 fully saturated rings. The minimum Gasteiger partial charge on any atom is -0.482 e. The lowest BCUT2D eigenvalue weighted by molar-refractivity contribution is -0.118. The van der Waals surface area contributed by atoms with Crippen LogP contribution in [0.1, 0.15) is 46.0 Å². The second-order valence-electron chi connectivity index (χ2n) is 7.95. The van der Waals surface area contributed by atoms with Gasteiger partial charge >= 0.3 is 0 Å². The molecular weight excluding hydrogens is 406 g/mol. The van der Waals surface area contributed by atoms with Crippen LogP contribution in [0.4, 0.5) is 5.69 Å². The Kier molecular flexibility index (Phi) is 6.07. The van der Waals surface area contributed by atoms with Gasteiger partial charge < -0.3 is 20.3 Å². The number of carbonyl (C=O) groups is 3. The Balaban J connectivity index is 1.47. The zero-order valence-electron chi connectivity index (χ0n) is 17.9. The van der Waals surface area contributed by atoms with Crippen molar-refractivity contribution in [1.82, 2.24) is 10.2 Å². The fourth-order valence-corrected chi connectivity index (χ4v) is 3.55. The monoisotopic (exact) mass is 431 g/mol. The van der Waals surface area contributed by atoms with Crippen molar-refractivity contribution in [3.63, 3.8) is 0 Å². The molecule has 4 rings (SSSR count). The molecule has 0 radical (unpaired) electrons. The highest BCUT2D eigenvalue weighted by molar-refractivity contribution is 5.99. The van der Waals surface area contributed by atoms with E-state index in [4.69, 9.17) is 4.74 Å². The number of fused-ring (bicyclic) bond motifs is 1. The summed E-state index contributed by atoms with van der Waals surface area (Å²) in [5, 5.41) is 5.53. The van der Waals surface area contributed by atoms with Crippen molar-refractivity contribution < 1.29 is 19.1 Å². The summed E-state index contributed by atoms with van der Waals surface area (Å²) in [4.78, 5) is 38.9. The summed E-state index contributed by atoms with van der Waals surface area (Å²) in [5.74, 6) is 0.0220. The Labute approximate surface area is 186 Å². The van der Waals surface area contributed by atoms with Gasteiger partial charge in [0.25, 0.3) is 17.7 Å². The van der Waals surface area contributed by atoms with Gasteiger partial charge in [-0.1, -0.05) is 24.8 Å². The summed E-state index contributed by atoms with van der Waals surface area (Å²) in [6.45, 7) is 5.81. The van der Waals surface area contributed by atoms with Crippen LogP contribution >= 0.6 is 0 Å². The van der Waals surface area contributed by atoms with E-state index in [0.29, 0.717) is 34.8 Å². The molecule has 1 aliphatic heterocycles. The van der Waals surface area contributed by atoms with Gasteiger partial charge in [-0.2, -0.15) is 0 Å². The summed E-state index contributed by atoms with van der Waals surface area (Å²) in [6, 6.07) is 12.5. The summed E-state index contributed by atoms with van der Waals surface area (Å²) in [6.07, 6.45) is 5.29. The molecule has 2 aromatic rings. The van der Waals surface area contributed by atoms with Gasteiger partial charge in [-0.3, -0.25) is 14.4 Å². The van der Waals surface area contributed by atoms with Crippen LogP contribution in [0.3, 0.4) is 0 Å². The standard InChI is InChI=1S/C25H25N3O4/c1-3-4-16(2)26-24(30)18-7-5-17(6-8-18)14-28(20-10-11-20)25(31)19-9-12-21-22(13-19)32-15-23(29)27-21/h3-9,12-13,20H,1,10-11,14-15H2,2H3,(H,26,30)(H,27,29). The van der Waals surface area contributed by atoms with Crippen LogP contribution < -0.4 is 15.4 Å². The third-order valence-electron chi connectivity index (χ3n) is 5.36. The fourth-order valence-electron chi connectivity index (χ4n) is 3.55. The summed E-state index contributed by atoms with van der Waals surface area (Å²) >= 11 is 0. The Morgan fingerprint density at radius 1 is 1.19 bits per heavy atom. The van der Waals surface area contributed by atoms with Gasteiger partial charge in [0, 0.05) is 29.4 Å². The van der Waals surface area contributed by atoms with Crippen molar-refractivity contribution in [2.75, 3.05) is 11.9 Å². The molecule has 7 heteroatoms. The maximum absolute atomic E-state index is 13.2. The molecule has 0 atom stereocenters. The van der Waals surface area contributed by atoms with Gasteiger partial charge in [0.1, 0.15) is 5.75 Å². The molecule has 0 aromatic heterocycles. The first kappa shape index (κ1) is 21.4. The zero-order chi connectivity index (χ0) is 22.7. The van der Waals surface area contributed by atoms with Crippen molar-refractivity contribution in [2.45, 2.75) is 32.4 Å². The average Bonchev–Trinajstić information content (AvgIpc) is 3.62. The van der Waals surface area contributed by atoms with E-state index in [9.17, 15) is 14.4 Å². The van der Waals surface area contributed by atoms with Crippen LogP contribution in [-0.2, 0) is 11.3 Å². The first-order chi connectivity index (χ1) is 15.4.